The molecule has 15 heavy (non-hydrogen) atoms. The number of hydrogen-bond donors (Lipinski definition) is 1. The van der Waals surface area contributed by atoms with E-state index in [1.165, 1.54) is 6.54 Å². The molecule has 3 heteroatoms. The van der Waals surface area contributed by atoms with Gasteiger partial charge in [-0.1, -0.05) is 20.8 Å². The molecule has 0 saturated carbocycles. The lowest BCUT2D eigenvalue weighted by Crippen LogP contribution is -2.59. The molecule has 0 amide bonds. The van der Waals surface area contributed by atoms with Gasteiger partial charge in [0.25, 0.3) is 0 Å². The second kappa shape index (κ2) is 5.83. The molecule has 0 aromatic rings. The van der Waals surface area contributed by atoms with E-state index in [-0.39, 0.29) is 5.60 Å². The van der Waals surface area contributed by atoms with Crippen LogP contribution in [0.25, 0.3) is 0 Å². The SMILES string of the molecule is CCN(CCOC1(C)CNC1)CC(C)C. The summed E-state index contributed by atoms with van der Waals surface area (Å²) in [5.41, 5.74) is 0.108. The van der Waals surface area contributed by atoms with Gasteiger partial charge in [-0.2, -0.15) is 0 Å². The summed E-state index contributed by atoms with van der Waals surface area (Å²) in [6.07, 6.45) is 0. The van der Waals surface area contributed by atoms with Gasteiger partial charge in [-0.05, 0) is 19.4 Å². The number of hydrogen-bond acceptors (Lipinski definition) is 3. The monoisotopic (exact) mass is 214 g/mol. The molecule has 1 N–H and O–H groups in total. The predicted molar refractivity (Wildman–Crippen MR) is 64.2 cm³/mol. The molecule has 0 spiro atoms. The van der Waals surface area contributed by atoms with E-state index >= 15 is 0 Å². The molecule has 0 unspecified atom stereocenters. The van der Waals surface area contributed by atoms with E-state index in [4.69, 9.17) is 4.74 Å². The van der Waals surface area contributed by atoms with Gasteiger partial charge in [-0.3, -0.25) is 0 Å². The molecular weight excluding hydrogens is 188 g/mol. The minimum Gasteiger partial charge on any atom is -0.371 e. The maximum atomic E-state index is 5.88. The van der Waals surface area contributed by atoms with Crippen molar-refractivity contribution < 1.29 is 4.74 Å². The highest BCUT2D eigenvalue weighted by Crippen LogP contribution is 2.14. The first-order chi connectivity index (χ1) is 7.06. The molecule has 0 aromatic heterocycles. The van der Waals surface area contributed by atoms with Crippen molar-refractivity contribution in [3.63, 3.8) is 0 Å². The Morgan fingerprint density at radius 1 is 1.40 bits per heavy atom. The Morgan fingerprint density at radius 2 is 2.07 bits per heavy atom. The number of nitrogens with zero attached hydrogens (tertiary/aromatic N) is 1. The topological polar surface area (TPSA) is 24.5 Å². The summed E-state index contributed by atoms with van der Waals surface area (Å²) in [5.74, 6) is 0.742. The molecular formula is C12H26N2O. The highest BCUT2D eigenvalue weighted by atomic mass is 16.5. The standard InChI is InChI=1S/C12H26N2O/c1-5-14(8-11(2)3)6-7-15-12(4)9-13-10-12/h11,13H,5-10H2,1-4H3. The van der Waals surface area contributed by atoms with Gasteiger partial charge in [0.15, 0.2) is 0 Å². The van der Waals surface area contributed by atoms with Gasteiger partial charge in [0.05, 0.1) is 12.2 Å². The normalized spacial score (nSPS) is 19.6. The van der Waals surface area contributed by atoms with Crippen molar-refractivity contribution >= 4 is 0 Å². The van der Waals surface area contributed by atoms with Crippen LogP contribution >= 0.6 is 0 Å². The van der Waals surface area contributed by atoms with Crippen molar-refractivity contribution in [2.24, 2.45) is 5.92 Å². The van der Waals surface area contributed by atoms with Gasteiger partial charge in [-0.25, -0.2) is 0 Å². The fourth-order valence-electron chi connectivity index (χ4n) is 1.90. The Kier molecular flexibility index (Phi) is 5.03. The molecule has 1 fully saturated rings. The molecule has 0 aromatic carbocycles. The first kappa shape index (κ1) is 12.9. The van der Waals surface area contributed by atoms with Crippen molar-refractivity contribution in [2.45, 2.75) is 33.3 Å². The summed E-state index contributed by atoms with van der Waals surface area (Å²) in [7, 11) is 0. The quantitative estimate of drug-likeness (QED) is 0.692. The number of likely N-dealkylation sites (N-methyl/N-ethyl adjacent to an activating group) is 1. The number of nitrogens with one attached hydrogen (secondary N) is 1. The van der Waals surface area contributed by atoms with Gasteiger partial charge < -0.3 is 15.0 Å². The highest BCUT2D eigenvalue weighted by molar-refractivity contribution is 4.90. The molecule has 1 aliphatic heterocycles. The maximum Gasteiger partial charge on any atom is 0.0902 e. The van der Waals surface area contributed by atoms with Gasteiger partial charge in [0, 0.05) is 26.2 Å². The molecule has 0 bridgehead atoms. The summed E-state index contributed by atoms with van der Waals surface area (Å²) < 4.78 is 5.88. The molecule has 1 rings (SSSR count). The minimum absolute atomic E-state index is 0.108. The zero-order valence-electron chi connectivity index (χ0n) is 10.7. The van der Waals surface area contributed by atoms with Crippen LogP contribution in [-0.4, -0.2) is 49.8 Å². The first-order valence-corrected chi connectivity index (χ1v) is 6.13. The van der Waals surface area contributed by atoms with Gasteiger partial charge in [-0.15, -0.1) is 0 Å². The largest absolute Gasteiger partial charge is 0.371 e. The average molecular weight is 214 g/mol. The zero-order chi connectivity index (χ0) is 11.3. The maximum absolute atomic E-state index is 5.88. The van der Waals surface area contributed by atoms with Crippen LogP contribution in [0.5, 0.6) is 0 Å². The number of rotatable bonds is 7. The van der Waals surface area contributed by atoms with Crippen LogP contribution in [-0.2, 0) is 4.74 Å². The third-order valence-corrected chi connectivity index (χ3v) is 2.93. The van der Waals surface area contributed by atoms with E-state index in [2.05, 4.69) is 37.9 Å². The van der Waals surface area contributed by atoms with Crippen LogP contribution in [0.3, 0.4) is 0 Å². The lowest BCUT2D eigenvalue weighted by atomic mass is 10.0. The molecule has 0 aliphatic carbocycles. The second-order valence-electron chi connectivity index (χ2n) is 5.19. The van der Waals surface area contributed by atoms with E-state index in [0.29, 0.717) is 0 Å². The third kappa shape index (κ3) is 4.49. The van der Waals surface area contributed by atoms with Crippen molar-refractivity contribution in [2.75, 3.05) is 39.3 Å². The number of ether oxygens (including phenoxy) is 1. The Morgan fingerprint density at radius 3 is 2.47 bits per heavy atom. The van der Waals surface area contributed by atoms with Gasteiger partial charge >= 0.3 is 0 Å². The molecule has 0 atom stereocenters. The Hall–Kier alpha value is -0.120. The van der Waals surface area contributed by atoms with Crippen LogP contribution in [0.15, 0.2) is 0 Å². The summed E-state index contributed by atoms with van der Waals surface area (Å²) in [6, 6.07) is 0. The Bertz CT molecular complexity index is 178. The molecule has 1 heterocycles. The molecule has 1 aliphatic rings. The van der Waals surface area contributed by atoms with Crippen molar-refractivity contribution in [3.8, 4) is 0 Å². The molecule has 90 valence electrons. The first-order valence-electron chi connectivity index (χ1n) is 6.13. The molecule has 3 nitrogen and oxygen atoms in total. The molecule has 1 saturated heterocycles. The highest BCUT2D eigenvalue weighted by Gasteiger charge is 2.32. The third-order valence-electron chi connectivity index (χ3n) is 2.93. The zero-order valence-corrected chi connectivity index (χ0v) is 10.7. The fourth-order valence-corrected chi connectivity index (χ4v) is 1.90. The van der Waals surface area contributed by atoms with Crippen molar-refractivity contribution in [3.05, 3.63) is 0 Å². The van der Waals surface area contributed by atoms with Crippen LogP contribution in [0.2, 0.25) is 0 Å². The van der Waals surface area contributed by atoms with Crippen LogP contribution < -0.4 is 5.32 Å². The van der Waals surface area contributed by atoms with Crippen molar-refractivity contribution in [1.82, 2.24) is 10.2 Å². The van der Waals surface area contributed by atoms with Crippen LogP contribution in [0.4, 0.5) is 0 Å². The second-order valence-corrected chi connectivity index (χ2v) is 5.19. The van der Waals surface area contributed by atoms with E-state index in [1.807, 2.05) is 0 Å². The lowest BCUT2D eigenvalue weighted by molar-refractivity contribution is -0.0723. The van der Waals surface area contributed by atoms with Crippen LogP contribution in [0, 0.1) is 5.92 Å². The summed E-state index contributed by atoms with van der Waals surface area (Å²) in [4.78, 5) is 2.46. The summed E-state index contributed by atoms with van der Waals surface area (Å²) >= 11 is 0. The van der Waals surface area contributed by atoms with Gasteiger partial charge in [0.1, 0.15) is 0 Å². The average Bonchev–Trinajstić information content (AvgIpc) is 2.13. The Labute approximate surface area is 94.2 Å². The van der Waals surface area contributed by atoms with Gasteiger partial charge in [0.2, 0.25) is 0 Å². The van der Waals surface area contributed by atoms with E-state index < -0.39 is 0 Å². The van der Waals surface area contributed by atoms with Crippen LogP contribution in [0.1, 0.15) is 27.7 Å². The van der Waals surface area contributed by atoms with E-state index in [1.54, 1.807) is 0 Å². The Balaban J connectivity index is 2.11. The summed E-state index contributed by atoms with van der Waals surface area (Å²) in [5, 5.41) is 3.25. The predicted octanol–water partition coefficient (Wildman–Crippen LogP) is 1.34. The summed E-state index contributed by atoms with van der Waals surface area (Å²) in [6.45, 7) is 15.2. The van der Waals surface area contributed by atoms with E-state index in [9.17, 15) is 0 Å². The molecule has 0 radical (unpaired) electrons. The lowest BCUT2D eigenvalue weighted by Gasteiger charge is -2.39. The van der Waals surface area contributed by atoms with E-state index in [0.717, 1.165) is 38.7 Å². The fraction of sp³-hybridized carbons (Fsp3) is 1.00. The minimum atomic E-state index is 0.108. The van der Waals surface area contributed by atoms with Crippen molar-refractivity contribution in [1.29, 1.82) is 0 Å². The smallest absolute Gasteiger partial charge is 0.0902 e.